The van der Waals surface area contributed by atoms with E-state index in [9.17, 15) is 4.79 Å². The van der Waals surface area contributed by atoms with Crippen LogP contribution in [0.4, 0.5) is 0 Å². The molecule has 1 saturated heterocycles. The number of benzene rings is 2. The van der Waals surface area contributed by atoms with E-state index in [0.717, 1.165) is 49.4 Å². The van der Waals surface area contributed by atoms with Gasteiger partial charge in [0.15, 0.2) is 0 Å². The second kappa shape index (κ2) is 10.9. The van der Waals surface area contributed by atoms with E-state index in [4.69, 9.17) is 27.7 Å². The Morgan fingerprint density at radius 1 is 1.09 bits per heavy atom. The van der Waals surface area contributed by atoms with E-state index in [1.807, 2.05) is 42.5 Å². The van der Waals surface area contributed by atoms with Crippen LogP contribution >= 0.6 is 23.2 Å². The highest BCUT2D eigenvalue weighted by molar-refractivity contribution is 6.33. The molecule has 1 amide bonds. The summed E-state index contributed by atoms with van der Waals surface area (Å²) in [5, 5.41) is 8.49. The molecule has 0 saturated carbocycles. The Morgan fingerprint density at radius 3 is 2.59 bits per heavy atom. The summed E-state index contributed by atoms with van der Waals surface area (Å²) in [6.45, 7) is 2.92. The summed E-state index contributed by atoms with van der Waals surface area (Å²) in [5.41, 5.74) is 1.99. The minimum Gasteiger partial charge on any atom is -0.356 e. The summed E-state index contributed by atoms with van der Waals surface area (Å²) in [6.07, 6.45) is 3.50. The second-order valence-electron chi connectivity index (χ2n) is 8.06. The van der Waals surface area contributed by atoms with E-state index in [2.05, 4.69) is 20.4 Å². The smallest absolute Gasteiger partial charge is 0.241 e. The molecule has 0 radical (unpaired) electrons. The molecule has 0 aliphatic carbocycles. The van der Waals surface area contributed by atoms with Gasteiger partial charge in [0.1, 0.15) is 0 Å². The first kappa shape index (κ1) is 22.8. The van der Waals surface area contributed by atoms with Crippen LogP contribution in [0.1, 0.15) is 30.7 Å². The number of halogens is 2. The van der Waals surface area contributed by atoms with Gasteiger partial charge in [-0.05, 0) is 68.6 Å². The molecule has 168 valence electrons. The van der Waals surface area contributed by atoms with Gasteiger partial charge >= 0.3 is 0 Å². The quantitative estimate of drug-likeness (QED) is 0.466. The Hall–Kier alpha value is -2.41. The molecule has 2 aromatic carbocycles. The van der Waals surface area contributed by atoms with E-state index in [1.54, 1.807) is 6.07 Å². The van der Waals surface area contributed by atoms with Crippen molar-refractivity contribution in [3.63, 3.8) is 0 Å². The molecule has 1 N–H and O–H groups in total. The van der Waals surface area contributed by atoms with Crippen LogP contribution in [0.15, 0.2) is 53.1 Å². The summed E-state index contributed by atoms with van der Waals surface area (Å²) in [4.78, 5) is 19.2. The molecule has 32 heavy (non-hydrogen) atoms. The van der Waals surface area contributed by atoms with Crippen molar-refractivity contribution < 1.29 is 9.32 Å². The molecular weight excluding hydrogens is 447 g/mol. The largest absolute Gasteiger partial charge is 0.356 e. The Morgan fingerprint density at radius 2 is 1.84 bits per heavy atom. The number of nitrogens with zero attached hydrogens (tertiary/aromatic N) is 3. The molecular formula is C24H26Cl2N4O2. The van der Waals surface area contributed by atoms with E-state index in [1.165, 1.54) is 5.56 Å². The summed E-state index contributed by atoms with van der Waals surface area (Å²) >= 11 is 12.1. The minimum absolute atomic E-state index is 0.0585. The van der Waals surface area contributed by atoms with Crippen molar-refractivity contribution in [2.24, 2.45) is 5.92 Å². The zero-order chi connectivity index (χ0) is 22.3. The van der Waals surface area contributed by atoms with E-state index in [0.29, 0.717) is 29.8 Å². The molecule has 2 heterocycles. The zero-order valence-electron chi connectivity index (χ0n) is 17.8. The highest BCUT2D eigenvalue weighted by atomic mass is 35.5. The van der Waals surface area contributed by atoms with Gasteiger partial charge in [0.25, 0.3) is 0 Å². The maximum Gasteiger partial charge on any atom is 0.241 e. The maximum atomic E-state index is 12.5. The number of hydrogen-bond donors (Lipinski definition) is 1. The second-order valence-corrected chi connectivity index (χ2v) is 8.91. The van der Waals surface area contributed by atoms with Crippen molar-refractivity contribution in [2.75, 3.05) is 19.6 Å². The van der Waals surface area contributed by atoms with Crippen molar-refractivity contribution in [3.05, 3.63) is 70.0 Å². The van der Waals surface area contributed by atoms with E-state index < -0.39 is 0 Å². The van der Waals surface area contributed by atoms with Crippen LogP contribution in [-0.4, -0.2) is 40.6 Å². The molecule has 0 spiro atoms. The van der Waals surface area contributed by atoms with Gasteiger partial charge in [0, 0.05) is 23.0 Å². The summed E-state index contributed by atoms with van der Waals surface area (Å²) in [5.74, 6) is 1.27. The van der Waals surface area contributed by atoms with Gasteiger partial charge in [-0.2, -0.15) is 4.98 Å². The van der Waals surface area contributed by atoms with Gasteiger partial charge in [0.05, 0.1) is 11.6 Å². The Labute approximate surface area is 197 Å². The molecule has 6 nitrogen and oxygen atoms in total. The molecule has 1 aromatic heterocycles. The number of carbonyl (C=O) groups is 1. The fourth-order valence-electron chi connectivity index (χ4n) is 3.92. The number of hydrogen-bond acceptors (Lipinski definition) is 5. The fourth-order valence-corrected chi connectivity index (χ4v) is 4.26. The van der Waals surface area contributed by atoms with Crippen molar-refractivity contribution >= 4 is 29.1 Å². The highest BCUT2D eigenvalue weighted by Gasteiger charge is 2.26. The average Bonchev–Trinajstić information content (AvgIpc) is 3.27. The predicted octanol–water partition coefficient (Wildman–Crippen LogP) is 5.00. The number of nitrogens with one attached hydrogen (secondary N) is 1. The molecule has 1 aliphatic heterocycles. The third-order valence-electron chi connectivity index (χ3n) is 5.75. The molecule has 1 fully saturated rings. The lowest BCUT2D eigenvalue weighted by molar-refractivity contribution is -0.126. The lowest BCUT2D eigenvalue weighted by Crippen LogP contribution is -2.40. The molecule has 1 aliphatic rings. The molecule has 0 bridgehead atoms. The number of likely N-dealkylation sites (tertiary alicyclic amines) is 1. The third-order valence-corrected chi connectivity index (χ3v) is 6.34. The first-order valence-electron chi connectivity index (χ1n) is 10.9. The van der Waals surface area contributed by atoms with Gasteiger partial charge in [-0.1, -0.05) is 52.6 Å². The number of aromatic nitrogens is 2. The lowest BCUT2D eigenvalue weighted by atomic mass is 9.96. The van der Waals surface area contributed by atoms with Gasteiger partial charge in [-0.25, -0.2) is 0 Å². The van der Waals surface area contributed by atoms with Crippen LogP contribution in [0.2, 0.25) is 10.0 Å². The van der Waals surface area contributed by atoms with Gasteiger partial charge in [-0.15, -0.1) is 0 Å². The van der Waals surface area contributed by atoms with Crippen molar-refractivity contribution in [1.82, 2.24) is 20.4 Å². The monoisotopic (exact) mass is 472 g/mol. The fraction of sp³-hybridized carbons (Fsp3) is 0.375. The third kappa shape index (κ3) is 6.09. The summed E-state index contributed by atoms with van der Waals surface area (Å²) in [7, 11) is 0. The topological polar surface area (TPSA) is 71.3 Å². The molecule has 8 heteroatoms. The summed E-state index contributed by atoms with van der Waals surface area (Å²) in [6, 6.07) is 15.3. The van der Waals surface area contributed by atoms with Crippen LogP contribution in [0, 0.1) is 5.92 Å². The SMILES string of the molecule is O=C(NCCCc1ccc(Cl)cc1)C1CCN(Cc2nc(-c3ccccc3Cl)no2)CC1. The number of rotatable bonds is 8. The number of aryl methyl sites for hydroxylation is 1. The van der Waals surface area contributed by atoms with Crippen LogP contribution in [0.25, 0.3) is 11.4 Å². The molecule has 0 atom stereocenters. The number of amides is 1. The van der Waals surface area contributed by atoms with Gasteiger partial charge in [0.2, 0.25) is 17.6 Å². The van der Waals surface area contributed by atoms with Crippen LogP contribution in [-0.2, 0) is 17.8 Å². The summed E-state index contributed by atoms with van der Waals surface area (Å²) < 4.78 is 5.41. The Balaban J connectivity index is 1.18. The molecule has 0 unspecified atom stereocenters. The van der Waals surface area contributed by atoms with Gasteiger partial charge < -0.3 is 9.84 Å². The molecule has 3 aromatic rings. The van der Waals surface area contributed by atoms with Crippen molar-refractivity contribution in [2.45, 2.75) is 32.2 Å². The number of carbonyl (C=O) groups excluding carboxylic acids is 1. The van der Waals surface area contributed by atoms with Crippen molar-refractivity contribution in [1.29, 1.82) is 0 Å². The zero-order valence-corrected chi connectivity index (χ0v) is 19.3. The Bertz CT molecular complexity index is 1030. The maximum absolute atomic E-state index is 12.5. The number of piperidine rings is 1. The van der Waals surface area contributed by atoms with E-state index >= 15 is 0 Å². The Kier molecular flexibility index (Phi) is 7.79. The normalized spacial score (nSPS) is 15.1. The van der Waals surface area contributed by atoms with E-state index in [-0.39, 0.29) is 11.8 Å². The van der Waals surface area contributed by atoms with Crippen LogP contribution < -0.4 is 5.32 Å². The average molecular weight is 473 g/mol. The predicted molar refractivity (Wildman–Crippen MR) is 126 cm³/mol. The first-order valence-corrected chi connectivity index (χ1v) is 11.7. The standard InChI is InChI=1S/C24H26Cl2N4O2/c25-19-9-7-17(8-10-19)4-3-13-27-24(31)18-11-14-30(15-12-18)16-22-28-23(29-32-22)20-5-1-2-6-21(20)26/h1-2,5-10,18H,3-4,11-16H2,(H,27,31). The lowest BCUT2D eigenvalue weighted by Gasteiger charge is -2.30. The van der Waals surface area contributed by atoms with Crippen LogP contribution in [0.3, 0.4) is 0 Å². The minimum atomic E-state index is 0.0585. The first-order chi connectivity index (χ1) is 15.6. The highest BCUT2D eigenvalue weighted by Crippen LogP contribution is 2.25. The van der Waals surface area contributed by atoms with Gasteiger partial charge in [-0.3, -0.25) is 9.69 Å². The molecule has 4 rings (SSSR count). The van der Waals surface area contributed by atoms with Crippen LogP contribution in [0.5, 0.6) is 0 Å². The van der Waals surface area contributed by atoms with Crippen molar-refractivity contribution in [3.8, 4) is 11.4 Å².